The van der Waals surface area contributed by atoms with E-state index in [9.17, 15) is 4.79 Å². The van der Waals surface area contributed by atoms with Gasteiger partial charge in [0, 0.05) is 50.5 Å². The molecule has 2 aromatic heterocycles. The van der Waals surface area contributed by atoms with Crippen molar-refractivity contribution in [2.24, 2.45) is 0 Å². The second-order valence-corrected chi connectivity index (χ2v) is 9.23. The number of likely N-dealkylation sites (tertiary alicyclic amines) is 2. The van der Waals surface area contributed by atoms with Gasteiger partial charge >= 0.3 is 0 Å². The van der Waals surface area contributed by atoms with Crippen LogP contribution >= 0.6 is 11.3 Å². The highest BCUT2D eigenvalue weighted by Crippen LogP contribution is 2.40. The maximum absolute atomic E-state index is 13.0. The summed E-state index contributed by atoms with van der Waals surface area (Å²) in [6.07, 6.45) is 7.36. The van der Waals surface area contributed by atoms with E-state index in [0.29, 0.717) is 6.54 Å². The molecular weight excluding hydrogens is 374 g/mol. The summed E-state index contributed by atoms with van der Waals surface area (Å²) >= 11 is 1.70. The van der Waals surface area contributed by atoms with Crippen LogP contribution in [0.25, 0.3) is 0 Å². The molecule has 7 nitrogen and oxygen atoms in total. The molecule has 1 amide bonds. The number of ether oxygens (including phenoxy) is 1. The van der Waals surface area contributed by atoms with Crippen molar-refractivity contribution in [3.8, 4) is 0 Å². The molecule has 3 aliphatic heterocycles. The topological polar surface area (TPSA) is 63.5 Å². The summed E-state index contributed by atoms with van der Waals surface area (Å²) in [5, 5.41) is 3.26. The minimum absolute atomic E-state index is 0.150. The zero-order valence-electron chi connectivity index (χ0n) is 16.3. The Balaban J connectivity index is 1.31. The molecule has 0 aliphatic carbocycles. The van der Waals surface area contributed by atoms with E-state index < -0.39 is 11.7 Å². The van der Waals surface area contributed by atoms with Gasteiger partial charge in [-0.05, 0) is 32.6 Å². The Hall–Kier alpha value is -1.77. The average Bonchev–Trinajstić information content (AvgIpc) is 3.45. The Kier molecular flexibility index (Phi) is 4.72. The van der Waals surface area contributed by atoms with E-state index in [1.807, 2.05) is 24.2 Å². The quantitative estimate of drug-likeness (QED) is 0.789. The zero-order valence-corrected chi connectivity index (χ0v) is 17.2. The summed E-state index contributed by atoms with van der Waals surface area (Å²) in [6, 6.07) is 0. The van der Waals surface area contributed by atoms with E-state index in [4.69, 9.17) is 4.74 Å². The molecule has 5 rings (SSSR count). The van der Waals surface area contributed by atoms with Gasteiger partial charge in [0.2, 0.25) is 0 Å². The lowest BCUT2D eigenvalue weighted by molar-refractivity contribution is -0.180. The fourth-order valence-corrected chi connectivity index (χ4v) is 5.39. The molecule has 2 saturated heterocycles. The van der Waals surface area contributed by atoms with Gasteiger partial charge in [0.05, 0.1) is 17.2 Å². The number of fused-ring (bicyclic) bond motifs is 2. The van der Waals surface area contributed by atoms with Gasteiger partial charge in [-0.25, -0.2) is 9.97 Å². The maximum Gasteiger partial charge on any atom is 0.253 e. The number of piperidine rings is 1. The molecule has 0 radical (unpaired) electrons. The largest absolute Gasteiger partial charge is 0.352 e. The number of amides is 1. The predicted molar refractivity (Wildman–Crippen MR) is 106 cm³/mol. The molecule has 2 fully saturated rings. The third kappa shape index (κ3) is 3.27. The van der Waals surface area contributed by atoms with Gasteiger partial charge in [0.15, 0.2) is 6.10 Å². The molecule has 1 spiro atoms. The zero-order chi connectivity index (χ0) is 19.1. The number of aromatic nitrogens is 3. The second kappa shape index (κ2) is 7.24. The first kappa shape index (κ1) is 18.3. The molecule has 0 bridgehead atoms. The van der Waals surface area contributed by atoms with Crippen LogP contribution in [0.15, 0.2) is 17.8 Å². The number of hydrogen-bond donors (Lipinski definition) is 0. The predicted octanol–water partition coefficient (Wildman–Crippen LogP) is 2.16. The fraction of sp³-hybridized carbons (Fsp3) is 0.650. The van der Waals surface area contributed by atoms with Crippen molar-refractivity contribution in [1.82, 2.24) is 24.3 Å². The van der Waals surface area contributed by atoms with Gasteiger partial charge in [-0.1, -0.05) is 0 Å². The summed E-state index contributed by atoms with van der Waals surface area (Å²) in [5.41, 5.74) is 0.697. The smallest absolute Gasteiger partial charge is 0.253 e. The van der Waals surface area contributed by atoms with Crippen LogP contribution in [0.5, 0.6) is 0 Å². The van der Waals surface area contributed by atoms with Crippen molar-refractivity contribution in [2.45, 2.75) is 57.4 Å². The monoisotopic (exact) mass is 401 g/mol. The highest BCUT2D eigenvalue weighted by atomic mass is 32.1. The summed E-state index contributed by atoms with van der Waals surface area (Å²) < 4.78 is 8.70. The number of thiazole rings is 1. The standard InChI is InChI=1S/C20H27N5O2S/c1-15-22-16(14-28-15)12-23-9-4-20(5-10-23)19-21-6-11-25(19)13-17(27-20)18(26)24-7-2-3-8-24/h6,11,14,17H,2-5,7-10,12-13H2,1H3. The molecule has 150 valence electrons. The van der Waals surface area contributed by atoms with E-state index in [2.05, 4.69) is 24.8 Å². The van der Waals surface area contributed by atoms with Crippen molar-refractivity contribution in [3.63, 3.8) is 0 Å². The first-order valence-corrected chi connectivity index (χ1v) is 11.1. The Morgan fingerprint density at radius 3 is 2.79 bits per heavy atom. The van der Waals surface area contributed by atoms with E-state index >= 15 is 0 Å². The number of carbonyl (C=O) groups excluding carboxylic acids is 1. The highest BCUT2D eigenvalue weighted by Gasteiger charge is 2.47. The van der Waals surface area contributed by atoms with Gasteiger partial charge in [-0.15, -0.1) is 11.3 Å². The van der Waals surface area contributed by atoms with Crippen LogP contribution in [0.1, 0.15) is 42.2 Å². The summed E-state index contributed by atoms with van der Waals surface area (Å²) in [4.78, 5) is 26.6. The van der Waals surface area contributed by atoms with Crippen LogP contribution in [0.2, 0.25) is 0 Å². The lowest BCUT2D eigenvalue weighted by Crippen LogP contribution is -2.54. The number of carbonyl (C=O) groups is 1. The van der Waals surface area contributed by atoms with Crippen molar-refractivity contribution < 1.29 is 9.53 Å². The lowest BCUT2D eigenvalue weighted by Gasteiger charge is -2.46. The minimum atomic E-state index is -0.448. The van der Waals surface area contributed by atoms with Crippen LogP contribution in [0, 0.1) is 6.92 Å². The molecule has 5 heterocycles. The minimum Gasteiger partial charge on any atom is -0.352 e. The molecular formula is C20H27N5O2S. The van der Waals surface area contributed by atoms with E-state index in [1.165, 1.54) is 0 Å². The maximum atomic E-state index is 13.0. The first-order chi connectivity index (χ1) is 13.6. The van der Waals surface area contributed by atoms with Crippen molar-refractivity contribution in [1.29, 1.82) is 0 Å². The first-order valence-electron chi connectivity index (χ1n) is 10.2. The van der Waals surface area contributed by atoms with Gasteiger partial charge in [-0.3, -0.25) is 9.69 Å². The Bertz CT molecular complexity index is 848. The molecule has 1 unspecified atom stereocenters. The fourth-order valence-electron chi connectivity index (χ4n) is 4.79. The highest BCUT2D eigenvalue weighted by molar-refractivity contribution is 7.09. The van der Waals surface area contributed by atoms with Crippen LogP contribution < -0.4 is 0 Å². The number of hydrogen-bond acceptors (Lipinski definition) is 6. The van der Waals surface area contributed by atoms with E-state index in [1.54, 1.807) is 11.3 Å². The van der Waals surface area contributed by atoms with Crippen LogP contribution in [0.3, 0.4) is 0 Å². The molecule has 28 heavy (non-hydrogen) atoms. The molecule has 2 aromatic rings. The molecule has 8 heteroatoms. The second-order valence-electron chi connectivity index (χ2n) is 8.17. The number of imidazole rings is 1. The molecule has 0 aromatic carbocycles. The Morgan fingerprint density at radius 1 is 1.29 bits per heavy atom. The Labute approximate surface area is 169 Å². The average molecular weight is 402 g/mol. The van der Waals surface area contributed by atoms with Gasteiger partial charge in [0.1, 0.15) is 11.4 Å². The van der Waals surface area contributed by atoms with Gasteiger partial charge in [0.25, 0.3) is 5.91 Å². The van der Waals surface area contributed by atoms with Crippen molar-refractivity contribution >= 4 is 17.2 Å². The van der Waals surface area contributed by atoms with Crippen molar-refractivity contribution in [3.05, 3.63) is 34.3 Å². The van der Waals surface area contributed by atoms with Crippen LogP contribution in [-0.2, 0) is 28.2 Å². The third-order valence-electron chi connectivity index (χ3n) is 6.26. The van der Waals surface area contributed by atoms with Crippen LogP contribution in [0.4, 0.5) is 0 Å². The number of rotatable bonds is 3. The normalized spacial score (nSPS) is 24.6. The van der Waals surface area contributed by atoms with Crippen molar-refractivity contribution in [2.75, 3.05) is 26.2 Å². The van der Waals surface area contributed by atoms with Crippen LogP contribution in [-0.4, -0.2) is 62.5 Å². The Morgan fingerprint density at radius 2 is 2.07 bits per heavy atom. The molecule has 0 saturated carbocycles. The number of aryl methyl sites for hydroxylation is 1. The molecule has 1 atom stereocenters. The van der Waals surface area contributed by atoms with E-state index in [-0.39, 0.29) is 5.91 Å². The number of nitrogens with zero attached hydrogens (tertiary/aromatic N) is 5. The SMILES string of the molecule is Cc1nc(CN2CCC3(CC2)OC(C(=O)N2CCCC2)Cn2ccnc23)cs1. The van der Waals surface area contributed by atoms with Gasteiger partial charge in [-0.2, -0.15) is 0 Å². The van der Waals surface area contributed by atoms with E-state index in [0.717, 1.165) is 74.9 Å². The van der Waals surface area contributed by atoms with Gasteiger partial charge < -0.3 is 14.2 Å². The lowest BCUT2D eigenvalue weighted by atomic mass is 9.88. The molecule has 0 N–H and O–H groups in total. The summed E-state index contributed by atoms with van der Waals surface area (Å²) in [5.74, 6) is 1.14. The third-order valence-corrected chi connectivity index (χ3v) is 7.08. The summed E-state index contributed by atoms with van der Waals surface area (Å²) in [7, 11) is 0. The molecule has 3 aliphatic rings. The summed E-state index contributed by atoms with van der Waals surface area (Å²) in [6.45, 7) is 7.08.